The van der Waals surface area contributed by atoms with Gasteiger partial charge in [0.1, 0.15) is 5.82 Å². The van der Waals surface area contributed by atoms with Gasteiger partial charge in [0, 0.05) is 24.3 Å². The highest BCUT2D eigenvalue weighted by atomic mass is 19.1. The van der Waals surface area contributed by atoms with Crippen molar-refractivity contribution in [1.29, 1.82) is 0 Å². The molecule has 1 N–H and O–H groups in total. The Morgan fingerprint density at radius 3 is 2.89 bits per heavy atom. The van der Waals surface area contributed by atoms with Crippen LogP contribution in [0, 0.1) is 12.7 Å². The molecule has 1 aliphatic rings. The molecule has 0 aromatic heterocycles. The Hall–Kier alpha value is -1.09. The van der Waals surface area contributed by atoms with Crippen LogP contribution in [0.5, 0.6) is 0 Å². The van der Waals surface area contributed by atoms with Crippen molar-refractivity contribution in [3.63, 3.8) is 0 Å². The van der Waals surface area contributed by atoms with Crippen molar-refractivity contribution in [1.82, 2.24) is 5.32 Å². The van der Waals surface area contributed by atoms with Gasteiger partial charge in [0.05, 0.1) is 0 Å². The van der Waals surface area contributed by atoms with Crippen molar-refractivity contribution in [3.05, 3.63) is 29.6 Å². The molecule has 0 saturated carbocycles. The molecule has 1 heterocycles. The Morgan fingerprint density at radius 1 is 1.42 bits per heavy atom. The third kappa shape index (κ3) is 3.47. The van der Waals surface area contributed by atoms with Crippen LogP contribution in [0.4, 0.5) is 10.1 Å². The van der Waals surface area contributed by atoms with Crippen LogP contribution in [-0.2, 0) is 0 Å². The average Bonchev–Trinajstić information content (AvgIpc) is 2.40. The molecule has 0 amide bonds. The van der Waals surface area contributed by atoms with Crippen molar-refractivity contribution in [2.24, 2.45) is 0 Å². The van der Waals surface area contributed by atoms with Crippen molar-refractivity contribution >= 4 is 5.69 Å². The molecular weight excluding hydrogens is 239 g/mol. The summed E-state index contributed by atoms with van der Waals surface area (Å²) in [4.78, 5) is 2.35. The van der Waals surface area contributed by atoms with Crippen LogP contribution in [0.1, 0.15) is 38.7 Å². The number of rotatable bonds is 4. The predicted molar refractivity (Wildman–Crippen MR) is 79.3 cm³/mol. The van der Waals surface area contributed by atoms with Crippen molar-refractivity contribution < 1.29 is 4.39 Å². The number of benzene rings is 1. The van der Waals surface area contributed by atoms with E-state index in [1.54, 1.807) is 12.1 Å². The van der Waals surface area contributed by atoms with Gasteiger partial charge in [-0.3, -0.25) is 0 Å². The fourth-order valence-corrected chi connectivity index (χ4v) is 2.96. The maximum atomic E-state index is 13.4. The van der Waals surface area contributed by atoms with Crippen molar-refractivity contribution in [2.45, 2.75) is 52.1 Å². The van der Waals surface area contributed by atoms with Gasteiger partial charge in [-0.1, -0.05) is 13.0 Å². The van der Waals surface area contributed by atoms with Crippen LogP contribution < -0.4 is 10.2 Å². The Labute approximate surface area is 116 Å². The number of anilines is 1. The van der Waals surface area contributed by atoms with E-state index in [9.17, 15) is 4.39 Å². The molecule has 2 atom stereocenters. The lowest BCUT2D eigenvalue weighted by Gasteiger charge is -2.40. The van der Waals surface area contributed by atoms with E-state index in [0.717, 1.165) is 37.2 Å². The molecule has 1 aliphatic heterocycles. The number of hydrogen-bond acceptors (Lipinski definition) is 2. The lowest BCUT2D eigenvalue weighted by atomic mass is 9.96. The molecule has 106 valence electrons. The molecule has 0 bridgehead atoms. The zero-order valence-corrected chi connectivity index (χ0v) is 12.2. The van der Waals surface area contributed by atoms with E-state index in [2.05, 4.69) is 31.0 Å². The quantitative estimate of drug-likeness (QED) is 0.895. The number of piperidine rings is 1. The van der Waals surface area contributed by atoms with Gasteiger partial charge in [-0.15, -0.1) is 0 Å². The fraction of sp³-hybridized carbons (Fsp3) is 0.625. The molecular formula is C16H25FN2. The van der Waals surface area contributed by atoms with Crippen LogP contribution in [0.3, 0.4) is 0 Å². The second kappa shape index (κ2) is 6.38. The van der Waals surface area contributed by atoms with Gasteiger partial charge in [0.15, 0.2) is 0 Å². The monoisotopic (exact) mass is 264 g/mol. The lowest BCUT2D eigenvalue weighted by molar-refractivity contribution is 0.368. The summed E-state index contributed by atoms with van der Waals surface area (Å²) in [5.74, 6) is -0.140. The second-order valence-corrected chi connectivity index (χ2v) is 5.65. The molecule has 2 unspecified atom stereocenters. The van der Waals surface area contributed by atoms with Gasteiger partial charge in [-0.2, -0.15) is 0 Å². The Kier molecular flexibility index (Phi) is 4.81. The van der Waals surface area contributed by atoms with E-state index in [1.807, 2.05) is 6.07 Å². The number of aryl methyl sites for hydroxylation is 1. The zero-order chi connectivity index (χ0) is 13.8. The first kappa shape index (κ1) is 14.3. The topological polar surface area (TPSA) is 15.3 Å². The Balaban J connectivity index is 2.05. The smallest absolute Gasteiger partial charge is 0.125 e. The molecule has 2 rings (SSSR count). The highest BCUT2D eigenvalue weighted by Crippen LogP contribution is 2.28. The summed E-state index contributed by atoms with van der Waals surface area (Å²) in [6, 6.07) is 6.16. The Bertz CT molecular complexity index is 419. The van der Waals surface area contributed by atoms with Crippen molar-refractivity contribution in [2.75, 3.05) is 18.0 Å². The SMILES string of the molecule is CCCNC1CCN(c2cc(F)ccc2C)C(C)C1. The maximum absolute atomic E-state index is 13.4. The summed E-state index contributed by atoms with van der Waals surface area (Å²) in [7, 11) is 0. The van der Waals surface area contributed by atoms with Gasteiger partial charge < -0.3 is 10.2 Å². The van der Waals surface area contributed by atoms with Crippen LogP contribution in [0.15, 0.2) is 18.2 Å². The normalized spacial score (nSPS) is 23.7. The van der Waals surface area contributed by atoms with Crippen LogP contribution in [-0.4, -0.2) is 25.2 Å². The number of nitrogens with zero attached hydrogens (tertiary/aromatic N) is 1. The van der Waals surface area contributed by atoms with E-state index >= 15 is 0 Å². The van der Waals surface area contributed by atoms with Crippen LogP contribution in [0.25, 0.3) is 0 Å². The summed E-state index contributed by atoms with van der Waals surface area (Å²) in [5, 5.41) is 3.60. The molecule has 0 spiro atoms. The molecule has 3 heteroatoms. The van der Waals surface area contributed by atoms with E-state index in [0.29, 0.717) is 12.1 Å². The molecule has 1 fully saturated rings. The molecule has 1 saturated heterocycles. The summed E-state index contributed by atoms with van der Waals surface area (Å²) in [6.45, 7) is 8.60. The zero-order valence-electron chi connectivity index (χ0n) is 12.2. The van der Waals surface area contributed by atoms with E-state index < -0.39 is 0 Å². The second-order valence-electron chi connectivity index (χ2n) is 5.65. The standard InChI is InChI=1S/C16H25FN2/c1-4-8-18-15-7-9-19(13(3)10-15)16-11-14(17)6-5-12(16)2/h5-6,11,13,15,18H,4,7-10H2,1-3H3. The molecule has 1 aromatic carbocycles. The summed E-state index contributed by atoms with van der Waals surface area (Å²) < 4.78 is 13.4. The number of nitrogens with one attached hydrogen (secondary N) is 1. The minimum Gasteiger partial charge on any atom is -0.368 e. The highest BCUT2D eigenvalue weighted by Gasteiger charge is 2.26. The maximum Gasteiger partial charge on any atom is 0.125 e. The first-order chi connectivity index (χ1) is 9.11. The summed E-state index contributed by atoms with van der Waals surface area (Å²) in [6.07, 6.45) is 3.45. The first-order valence-corrected chi connectivity index (χ1v) is 7.38. The highest BCUT2D eigenvalue weighted by molar-refractivity contribution is 5.54. The predicted octanol–water partition coefficient (Wildman–Crippen LogP) is 3.49. The van der Waals surface area contributed by atoms with Gasteiger partial charge in [0.25, 0.3) is 0 Å². The minimum atomic E-state index is -0.140. The van der Waals surface area contributed by atoms with Crippen LogP contribution in [0.2, 0.25) is 0 Å². The van der Waals surface area contributed by atoms with Crippen LogP contribution >= 0.6 is 0 Å². The summed E-state index contributed by atoms with van der Waals surface area (Å²) in [5.41, 5.74) is 2.22. The van der Waals surface area contributed by atoms with Gasteiger partial charge in [-0.05, 0) is 57.4 Å². The van der Waals surface area contributed by atoms with E-state index in [1.165, 1.54) is 6.42 Å². The first-order valence-electron chi connectivity index (χ1n) is 7.38. The molecule has 19 heavy (non-hydrogen) atoms. The van der Waals surface area contributed by atoms with Gasteiger partial charge in [-0.25, -0.2) is 4.39 Å². The molecule has 0 aliphatic carbocycles. The largest absolute Gasteiger partial charge is 0.368 e. The molecule has 0 radical (unpaired) electrons. The van der Waals surface area contributed by atoms with Gasteiger partial charge in [0.2, 0.25) is 0 Å². The van der Waals surface area contributed by atoms with Crippen molar-refractivity contribution in [3.8, 4) is 0 Å². The third-order valence-corrected chi connectivity index (χ3v) is 4.04. The fourth-order valence-electron chi connectivity index (χ4n) is 2.96. The average molecular weight is 264 g/mol. The van der Waals surface area contributed by atoms with E-state index in [4.69, 9.17) is 0 Å². The van der Waals surface area contributed by atoms with E-state index in [-0.39, 0.29) is 5.82 Å². The summed E-state index contributed by atoms with van der Waals surface area (Å²) >= 11 is 0. The lowest BCUT2D eigenvalue weighted by Crippen LogP contribution is -2.48. The molecule has 1 aromatic rings. The van der Waals surface area contributed by atoms with Gasteiger partial charge >= 0.3 is 0 Å². The third-order valence-electron chi connectivity index (χ3n) is 4.04. The Morgan fingerprint density at radius 2 is 2.21 bits per heavy atom. The number of hydrogen-bond donors (Lipinski definition) is 1. The molecule has 2 nitrogen and oxygen atoms in total. The minimum absolute atomic E-state index is 0.140. The number of halogens is 1.